The maximum atomic E-state index is 6.03. The molecular formula is C17H15ClN2. The van der Waals surface area contributed by atoms with Gasteiger partial charge in [-0.25, -0.2) is 0 Å². The van der Waals surface area contributed by atoms with Crippen molar-refractivity contribution in [3.63, 3.8) is 0 Å². The van der Waals surface area contributed by atoms with Gasteiger partial charge in [0.15, 0.2) is 0 Å². The average Bonchev–Trinajstić information content (AvgIpc) is 2.40. The fraction of sp³-hybridized carbons (Fsp3) is 0.118. The van der Waals surface area contributed by atoms with Gasteiger partial charge in [-0.2, -0.15) is 0 Å². The summed E-state index contributed by atoms with van der Waals surface area (Å²) < 4.78 is 0. The molecule has 0 spiro atoms. The van der Waals surface area contributed by atoms with Crippen molar-refractivity contribution in [2.24, 2.45) is 0 Å². The van der Waals surface area contributed by atoms with Crippen molar-refractivity contribution < 1.29 is 0 Å². The lowest BCUT2D eigenvalue weighted by molar-refractivity contribution is 1.24. The van der Waals surface area contributed by atoms with Gasteiger partial charge in [-0.3, -0.25) is 4.98 Å². The number of nitrogens with zero attached hydrogens (tertiary/aromatic N) is 1. The Labute approximate surface area is 123 Å². The lowest BCUT2D eigenvalue weighted by Crippen LogP contribution is -1.95. The highest BCUT2D eigenvalue weighted by molar-refractivity contribution is 6.30. The van der Waals surface area contributed by atoms with Crippen molar-refractivity contribution >= 4 is 33.9 Å². The van der Waals surface area contributed by atoms with Gasteiger partial charge in [0.1, 0.15) is 0 Å². The molecule has 3 heteroatoms. The van der Waals surface area contributed by atoms with E-state index in [9.17, 15) is 0 Å². The van der Waals surface area contributed by atoms with Crippen LogP contribution in [-0.2, 0) is 0 Å². The summed E-state index contributed by atoms with van der Waals surface area (Å²) in [5, 5.41) is 5.28. The van der Waals surface area contributed by atoms with E-state index in [1.54, 1.807) is 0 Å². The minimum absolute atomic E-state index is 0.723. The summed E-state index contributed by atoms with van der Waals surface area (Å²) >= 11 is 6.03. The molecule has 2 nitrogen and oxygen atoms in total. The van der Waals surface area contributed by atoms with Crippen molar-refractivity contribution in [3.8, 4) is 0 Å². The molecule has 20 heavy (non-hydrogen) atoms. The standard InChI is InChI=1S/C17H15ClN2/c1-11-5-3-8-15-16(9-12(2)19-17(11)15)20-14-7-4-6-13(18)10-14/h3-10H,1-2H3,(H,19,20). The van der Waals surface area contributed by atoms with Gasteiger partial charge in [0, 0.05) is 27.5 Å². The Morgan fingerprint density at radius 2 is 1.80 bits per heavy atom. The van der Waals surface area contributed by atoms with Crippen LogP contribution in [0, 0.1) is 13.8 Å². The van der Waals surface area contributed by atoms with Crippen molar-refractivity contribution in [1.82, 2.24) is 4.98 Å². The fourth-order valence-corrected chi connectivity index (χ4v) is 2.54. The van der Waals surface area contributed by atoms with Crippen molar-refractivity contribution in [1.29, 1.82) is 0 Å². The normalized spacial score (nSPS) is 10.8. The largest absolute Gasteiger partial charge is 0.355 e. The van der Waals surface area contributed by atoms with Crippen molar-refractivity contribution in [2.75, 3.05) is 5.32 Å². The Hall–Kier alpha value is -2.06. The van der Waals surface area contributed by atoms with E-state index in [1.165, 1.54) is 5.56 Å². The molecular weight excluding hydrogens is 268 g/mol. The molecule has 0 unspecified atom stereocenters. The topological polar surface area (TPSA) is 24.9 Å². The molecule has 0 radical (unpaired) electrons. The molecule has 0 bridgehead atoms. The van der Waals surface area contributed by atoms with Gasteiger partial charge in [-0.15, -0.1) is 0 Å². The summed E-state index contributed by atoms with van der Waals surface area (Å²) in [7, 11) is 0. The van der Waals surface area contributed by atoms with E-state index in [0.29, 0.717) is 0 Å². The van der Waals surface area contributed by atoms with Gasteiger partial charge < -0.3 is 5.32 Å². The molecule has 1 aromatic heterocycles. The van der Waals surface area contributed by atoms with Crippen molar-refractivity contribution in [3.05, 3.63) is 64.8 Å². The Bertz CT molecular complexity index is 781. The van der Waals surface area contributed by atoms with Gasteiger partial charge in [0.05, 0.1) is 5.52 Å². The number of rotatable bonds is 2. The summed E-state index contributed by atoms with van der Waals surface area (Å²) in [4.78, 5) is 4.63. The molecule has 0 aliphatic carbocycles. The minimum Gasteiger partial charge on any atom is -0.355 e. The molecule has 1 N–H and O–H groups in total. The highest BCUT2D eigenvalue weighted by Gasteiger charge is 2.06. The van der Waals surface area contributed by atoms with E-state index in [2.05, 4.69) is 41.5 Å². The third-order valence-corrected chi connectivity index (χ3v) is 3.51. The summed E-state index contributed by atoms with van der Waals surface area (Å²) in [6, 6.07) is 16.0. The second kappa shape index (κ2) is 5.14. The summed E-state index contributed by atoms with van der Waals surface area (Å²) in [5.41, 5.74) is 5.25. The van der Waals surface area contributed by atoms with Gasteiger partial charge in [-0.05, 0) is 43.7 Å². The van der Waals surface area contributed by atoms with Crippen LogP contribution in [0.1, 0.15) is 11.3 Å². The summed E-state index contributed by atoms with van der Waals surface area (Å²) in [6.45, 7) is 4.09. The van der Waals surface area contributed by atoms with Crippen LogP contribution in [0.3, 0.4) is 0 Å². The van der Waals surface area contributed by atoms with Crippen LogP contribution in [-0.4, -0.2) is 4.98 Å². The predicted molar refractivity (Wildman–Crippen MR) is 86.0 cm³/mol. The highest BCUT2D eigenvalue weighted by atomic mass is 35.5. The molecule has 0 fully saturated rings. The van der Waals surface area contributed by atoms with Gasteiger partial charge >= 0.3 is 0 Å². The predicted octanol–water partition coefficient (Wildman–Crippen LogP) is 5.25. The Balaban J connectivity index is 2.14. The summed E-state index contributed by atoms with van der Waals surface area (Å²) in [5.74, 6) is 0. The maximum Gasteiger partial charge on any atom is 0.0755 e. The lowest BCUT2D eigenvalue weighted by atomic mass is 10.1. The zero-order valence-corrected chi connectivity index (χ0v) is 12.2. The van der Waals surface area contributed by atoms with Crippen LogP contribution in [0.15, 0.2) is 48.5 Å². The first-order valence-corrected chi connectivity index (χ1v) is 6.91. The SMILES string of the molecule is Cc1cc(Nc2cccc(Cl)c2)c2cccc(C)c2n1. The van der Waals surface area contributed by atoms with Crippen LogP contribution in [0.4, 0.5) is 11.4 Å². The van der Waals surface area contributed by atoms with E-state index < -0.39 is 0 Å². The number of nitrogens with one attached hydrogen (secondary N) is 1. The van der Waals surface area contributed by atoms with Crippen LogP contribution in [0.5, 0.6) is 0 Å². The van der Waals surface area contributed by atoms with Crippen molar-refractivity contribution in [2.45, 2.75) is 13.8 Å². The molecule has 3 aromatic rings. The molecule has 0 amide bonds. The molecule has 1 heterocycles. The summed E-state index contributed by atoms with van der Waals surface area (Å²) in [6.07, 6.45) is 0. The minimum atomic E-state index is 0.723. The number of para-hydroxylation sites is 1. The Morgan fingerprint density at radius 1 is 1.00 bits per heavy atom. The van der Waals surface area contributed by atoms with Crippen LogP contribution < -0.4 is 5.32 Å². The molecule has 100 valence electrons. The molecule has 0 saturated carbocycles. The van der Waals surface area contributed by atoms with Gasteiger partial charge in [0.2, 0.25) is 0 Å². The van der Waals surface area contributed by atoms with E-state index in [0.717, 1.165) is 33.0 Å². The highest BCUT2D eigenvalue weighted by Crippen LogP contribution is 2.28. The molecule has 2 aromatic carbocycles. The molecule has 0 saturated heterocycles. The zero-order chi connectivity index (χ0) is 14.1. The van der Waals surface area contributed by atoms with Crippen LogP contribution in [0.25, 0.3) is 10.9 Å². The molecule has 0 aliphatic rings. The first kappa shape index (κ1) is 12.9. The number of aromatic nitrogens is 1. The quantitative estimate of drug-likeness (QED) is 0.694. The van der Waals surface area contributed by atoms with E-state index in [-0.39, 0.29) is 0 Å². The second-order valence-electron chi connectivity index (χ2n) is 4.92. The Morgan fingerprint density at radius 3 is 2.60 bits per heavy atom. The Kier molecular flexibility index (Phi) is 3.33. The molecule has 0 aliphatic heterocycles. The third-order valence-electron chi connectivity index (χ3n) is 3.27. The smallest absolute Gasteiger partial charge is 0.0755 e. The third kappa shape index (κ3) is 2.47. The molecule has 3 rings (SSSR count). The molecule has 0 atom stereocenters. The maximum absolute atomic E-state index is 6.03. The number of aryl methyl sites for hydroxylation is 2. The van der Waals surface area contributed by atoms with Crippen LogP contribution >= 0.6 is 11.6 Å². The number of anilines is 2. The zero-order valence-electron chi connectivity index (χ0n) is 11.4. The number of pyridine rings is 1. The van der Waals surface area contributed by atoms with E-state index >= 15 is 0 Å². The lowest BCUT2D eigenvalue weighted by Gasteiger charge is -2.12. The first-order valence-electron chi connectivity index (χ1n) is 6.53. The first-order chi connectivity index (χ1) is 9.63. The number of halogens is 1. The van der Waals surface area contributed by atoms with E-state index in [4.69, 9.17) is 11.6 Å². The van der Waals surface area contributed by atoms with Crippen LogP contribution in [0.2, 0.25) is 5.02 Å². The number of hydrogen-bond donors (Lipinski definition) is 1. The van der Waals surface area contributed by atoms with E-state index in [1.807, 2.05) is 31.2 Å². The fourth-order valence-electron chi connectivity index (χ4n) is 2.35. The number of benzene rings is 2. The number of fused-ring (bicyclic) bond motifs is 1. The average molecular weight is 283 g/mol. The second-order valence-corrected chi connectivity index (χ2v) is 5.35. The van der Waals surface area contributed by atoms with Gasteiger partial charge in [0.25, 0.3) is 0 Å². The number of hydrogen-bond acceptors (Lipinski definition) is 2. The van der Waals surface area contributed by atoms with Gasteiger partial charge in [-0.1, -0.05) is 35.9 Å². The monoisotopic (exact) mass is 282 g/mol.